The van der Waals surface area contributed by atoms with E-state index in [0.29, 0.717) is 11.8 Å². The molecule has 0 N–H and O–H groups in total. The molecule has 226 valence electrons. The highest BCUT2D eigenvalue weighted by molar-refractivity contribution is 6.89. The average Bonchev–Trinajstić information content (AvgIpc) is 3.03. The van der Waals surface area contributed by atoms with Gasteiger partial charge in [0.05, 0.1) is 20.1 Å². The summed E-state index contributed by atoms with van der Waals surface area (Å²) in [6.45, 7) is 19.2. The van der Waals surface area contributed by atoms with Crippen molar-refractivity contribution in [3.63, 3.8) is 0 Å². The highest BCUT2D eigenvalue weighted by Crippen LogP contribution is 2.44. The van der Waals surface area contributed by atoms with E-state index in [0.717, 1.165) is 25.0 Å². The Morgan fingerprint density at radius 1 is 0.867 bits per heavy atom. The first-order valence-corrected chi connectivity index (χ1v) is 20.0. The normalized spacial score (nSPS) is 17.5. The number of hydrogen-bond donors (Lipinski definition) is 0. The second-order valence-corrected chi connectivity index (χ2v) is 19.5. The zero-order valence-corrected chi connectivity index (χ0v) is 28.6. The van der Waals surface area contributed by atoms with E-state index in [1.807, 2.05) is 6.20 Å². The third kappa shape index (κ3) is 5.19. The molecule has 5 aromatic rings. The average molecular weight is 608 g/mol. The highest BCUT2D eigenvalue weighted by atomic mass is 28.3. The van der Waals surface area contributed by atoms with Crippen LogP contribution in [0.1, 0.15) is 66.8 Å². The van der Waals surface area contributed by atoms with Crippen molar-refractivity contribution in [3.8, 4) is 33.6 Å². The predicted octanol–water partition coefficient (Wildman–Crippen LogP) is 8.78. The van der Waals surface area contributed by atoms with Crippen LogP contribution in [0.2, 0.25) is 19.6 Å². The van der Waals surface area contributed by atoms with E-state index in [2.05, 4.69) is 146 Å². The first kappa shape index (κ1) is 29.6. The molecule has 0 fully saturated rings. The summed E-state index contributed by atoms with van der Waals surface area (Å²) in [6, 6.07) is 27.3. The second-order valence-electron chi connectivity index (χ2n) is 14.4. The molecule has 0 bridgehead atoms. The van der Waals surface area contributed by atoms with Crippen molar-refractivity contribution in [1.29, 1.82) is 0 Å². The number of allylic oxidation sites excluding steroid dienone is 1. The number of hydrogen-bond acceptors (Lipinski definition) is 1. The van der Waals surface area contributed by atoms with Crippen LogP contribution in [0.4, 0.5) is 0 Å². The Bertz CT molecular complexity index is 1930. The van der Waals surface area contributed by atoms with Crippen molar-refractivity contribution >= 4 is 19.0 Å². The van der Waals surface area contributed by atoms with E-state index in [1.165, 1.54) is 55.9 Å². The first-order valence-electron chi connectivity index (χ1n) is 16.5. The van der Waals surface area contributed by atoms with E-state index in [9.17, 15) is 0 Å². The Morgan fingerprint density at radius 2 is 1.62 bits per heavy atom. The number of benzene rings is 2. The molecule has 0 saturated heterocycles. The predicted molar refractivity (Wildman–Crippen MR) is 189 cm³/mol. The third-order valence-corrected chi connectivity index (χ3v) is 12.1. The van der Waals surface area contributed by atoms with E-state index < -0.39 is 8.07 Å². The zero-order valence-electron chi connectivity index (χ0n) is 27.6. The van der Waals surface area contributed by atoms with Crippen LogP contribution in [0, 0.1) is 6.92 Å². The summed E-state index contributed by atoms with van der Waals surface area (Å²) in [7, 11) is -1.61. The maximum absolute atomic E-state index is 4.83. The van der Waals surface area contributed by atoms with E-state index in [1.54, 1.807) is 5.19 Å². The standard InChI is InChI=1S/C41H45N3Si/c1-27(2)36-22-40-34-16-12-11-15-33(34)35-18-17-31-24-42-20-19-32(31)39-23-37(30-13-9-8-10-14-30)28(3)25-43(39)29(4)21-38(35)44(40)26-41(36)45(5,6)7/h8-16,19-20,22-27,35,38H,4,17-18,21H2,1-3,5-7H3/q+2. The van der Waals surface area contributed by atoms with Crippen molar-refractivity contribution in [2.75, 3.05) is 0 Å². The lowest BCUT2D eigenvalue weighted by Crippen LogP contribution is -2.54. The summed E-state index contributed by atoms with van der Waals surface area (Å²) in [4.78, 5) is 4.63. The van der Waals surface area contributed by atoms with Gasteiger partial charge >= 0.3 is 0 Å². The molecule has 0 radical (unpaired) electrons. The molecule has 3 nitrogen and oxygen atoms in total. The lowest BCUT2D eigenvalue weighted by Gasteiger charge is -2.33. The Labute approximate surface area is 270 Å². The monoisotopic (exact) mass is 607 g/mol. The molecular formula is C41H45N3Si+2. The van der Waals surface area contributed by atoms with Crippen LogP contribution in [0.5, 0.6) is 0 Å². The maximum atomic E-state index is 4.83. The third-order valence-electron chi connectivity index (χ3n) is 10.1. The van der Waals surface area contributed by atoms with Gasteiger partial charge in [0, 0.05) is 46.8 Å². The molecule has 5 heterocycles. The minimum atomic E-state index is -1.61. The molecule has 7 rings (SSSR count). The molecular weight excluding hydrogens is 563 g/mol. The quantitative estimate of drug-likeness (QED) is 0.148. The first-order chi connectivity index (χ1) is 21.6. The molecule has 3 aromatic heterocycles. The highest BCUT2D eigenvalue weighted by Gasteiger charge is 2.44. The van der Waals surface area contributed by atoms with E-state index in [4.69, 9.17) is 6.58 Å². The maximum Gasteiger partial charge on any atom is 0.219 e. The largest absolute Gasteiger partial charge is 0.264 e. The molecule has 0 aliphatic carbocycles. The minimum absolute atomic E-state index is 0.270. The Hall–Kier alpha value is -4.15. The van der Waals surface area contributed by atoms with Crippen LogP contribution >= 0.6 is 0 Å². The van der Waals surface area contributed by atoms with Crippen LogP contribution < -0.4 is 14.3 Å². The Kier molecular flexibility index (Phi) is 7.44. The summed E-state index contributed by atoms with van der Waals surface area (Å²) in [5.74, 6) is 0.851. The molecule has 2 aliphatic rings. The molecule has 2 aromatic carbocycles. The van der Waals surface area contributed by atoms with Gasteiger partial charge in [-0.25, -0.2) is 0 Å². The van der Waals surface area contributed by atoms with Crippen LogP contribution in [0.25, 0.3) is 39.3 Å². The summed E-state index contributed by atoms with van der Waals surface area (Å²) in [6.07, 6.45) is 11.8. The van der Waals surface area contributed by atoms with Gasteiger partial charge < -0.3 is 0 Å². The van der Waals surface area contributed by atoms with Crippen LogP contribution in [-0.4, -0.2) is 13.1 Å². The lowest BCUT2D eigenvalue weighted by molar-refractivity contribution is -0.719. The summed E-state index contributed by atoms with van der Waals surface area (Å²) in [5.41, 5.74) is 14.3. The van der Waals surface area contributed by atoms with Crippen molar-refractivity contribution in [2.45, 2.75) is 77.6 Å². The summed E-state index contributed by atoms with van der Waals surface area (Å²) < 4.78 is 5.04. The van der Waals surface area contributed by atoms with Crippen LogP contribution in [0.3, 0.4) is 0 Å². The number of pyridine rings is 3. The van der Waals surface area contributed by atoms with Gasteiger partial charge in [0.1, 0.15) is 0 Å². The fourth-order valence-corrected chi connectivity index (χ4v) is 9.55. The van der Waals surface area contributed by atoms with E-state index >= 15 is 0 Å². The Balaban J connectivity index is 1.46. The SMILES string of the molecule is C=C1CC2C(CCc3cnccc3-c3cc(-c4ccccc4)c(C)c[n+]31)c1ccccc1-c1cc(C(C)C)c([Si](C)(C)C)c[n+]12. The van der Waals surface area contributed by atoms with Gasteiger partial charge in [-0.2, -0.15) is 9.13 Å². The second kappa shape index (κ2) is 11.3. The van der Waals surface area contributed by atoms with E-state index in [-0.39, 0.29) is 6.04 Å². The molecule has 2 aliphatic heterocycles. The van der Waals surface area contributed by atoms with Gasteiger partial charge in [0.15, 0.2) is 24.1 Å². The number of fused-ring (bicyclic) bond motifs is 9. The summed E-state index contributed by atoms with van der Waals surface area (Å²) in [5, 5.41) is 1.58. The van der Waals surface area contributed by atoms with Gasteiger partial charge in [-0.15, -0.1) is 0 Å². The van der Waals surface area contributed by atoms with Crippen LogP contribution in [0.15, 0.2) is 104 Å². The fraction of sp³-hybridized carbons (Fsp3) is 0.293. The van der Waals surface area contributed by atoms with Gasteiger partial charge in [-0.1, -0.05) is 82.0 Å². The van der Waals surface area contributed by atoms with Gasteiger partial charge in [0.25, 0.3) is 0 Å². The van der Waals surface area contributed by atoms with Crippen molar-refractivity contribution < 1.29 is 9.13 Å². The smallest absolute Gasteiger partial charge is 0.219 e. The molecule has 2 unspecified atom stereocenters. The number of nitrogens with zero attached hydrogens (tertiary/aromatic N) is 3. The molecule has 2 atom stereocenters. The molecule has 4 heteroatoms. The number of aromatic nitrogens is 3. The topological polar surface area (TPSA) is 20.6 Å². The van der Waals surface area contributed by atoms with Gasteiger partial charge in [-0.3, -0.25) is 4.98 Å². The number of rotatable bonds is 3. The van der Waals surface area contributed by atoms with Crippen molar-refractivity contribution in [1.82, 2.24) is 4.98 Å². The van der Waals surface area contributed by atoms with Crippen LogP contribution in [-0.2, 0) is 6.42 Å². The molecule has 0 amide bonds. The Morgan fingerprint density at radius 3 is 2.38 bits per heavy atom. The molecule has 0 saturated carbocycles. The summed E-state index contributed by atoms with van der Waals surface area (Å²) >= 11 is 0. The lowest BCUT2D eigenvalue weighted by atomic mass is 9.77. The minimum Gasteiger partial charge on any atom is -0.264 e. The van der Waals surface area contributed by atoms with Crippen molar-refractivity contribution in [3.05, 3.63) is 126 Å². The van der Waals surface area contributed by atoms with Gasteiger partial charge in [-0.05, 0) is 72.2 Å². The molecule has 0 spiro atoms. The zero-order chi connectivity index (χ0) is 31.5. The van der Waals surface area contributed by atoms with Crippen molar-refractivity contribution in [2.24, 2.45) is 0 Å². The fourth-order valence-electron chi connectivity index (χ4n) is 7.80. The molecule has 45 heavy (non-hydrogen) atoms. The number of aryl methyl sites for hydroxylation is 2. The van der Waals surface area contributed by atoms with Gasteiger partial charge in [0.2, 0.25) is 11.4 Å².